The molecule has 2 rings (SSSR count). The molecule has 0 atom stereocenters. The third-order valence-corrected chi connectivity index (χ3v) is 2.64. The van der Waals surface area contributed by atoms with Crippen LogP contribution in [0, 0.1) is 6.92 Å². The van der Waals surface area contributed by atoms with Crippen LogP contribution < -0.4 is 4.74 Å². The van der Waals surface area contributed by atoms with Gasteiger partial charge in [0, 0.05) is 24.0 Å². The van der Waals surface area contributed by atoms with Crippen molar-refractivity contribution in [1.82, 2.24) is 9.36 Å². The van der Waals surface area contributed by atoms with Crippen LogP contribution in [0.1, 0.15) is 18.3 Å². The number of benzene rings is 1. The fourth-order valence-corrected chi connectivity index (χ4v) is 1.94. The number of aromatic nitrogens is 2. The average Bonchev–Trinajstić information content (AvgIpc) is 2.64. The van der Waals surface area contributed by atoms with Gasteiger partial charge in [-0.15, -0.1) is 0 Å². The van der Waals surface area contributed by atoms with Gasteiger partial charge in [-0.1, -0.05) is 6.92 Å². The molecule has 0 saturated heterocycles. The van der Waals surface area contributed by atoms with Crippen molar-refractivity contribution in [3.63, 3.8) is 0 Å². The van der Waals surface area contributed by atoms with Gasteiger partial charge >= 0.3 is 0 Å². The predicted octanol–water partition coefficient (Wildman–Crippen LogP) is 2.91. The number of rotatable bonds is 3. The Balaban J connectivity index is 2.19. The Morgan fingerprint density at radius 1 is 1.38 bits per heavy atom. The molecule has 0 amide bonds. The van der Waals surface area contributed by atoms with Crippen molar-refractivity contribution >= 4 is 11.5 Å². The molecule has 0 aliphatic carbocycles. The molecule has 1 heterocycles. The summed E-state index contributed by atoms with van der Waals surface area (Å²) in [4.78, 5) is 4.19. The number of aromatic hydroxyl groups is 1. The number of phenolic OH excluding ortho intramolecular Hbond substituents is 1. The lowest BCUT2D eigenvalue weighted by atomic mass is 10.2. The first-order valence-electron chi connectivity index (χ1n) is 4.98. The van der Waals surface area contributed by atoms with E-state index in [4.69, 9.17) is 4.74 Å². The molecule has 0 radical (unpaired) electrons. The lowest BCUT2D eigenvalue weighted by Gasteiger charge is -2.03. The van der Waals surface area contributed by atoms with E-state index in [1.54, 1.807) is 12.1 Å². The first kappa shape index (κ1) is 10.9. The molecule has 0 fully saturated rings. The molecule has 1 aromatic carbocycles. The fraction of sp³-hybridized carbons (Fsp3) is 0.273. The molecule has 0 saturated carbocycles. The number of nitrogens with zero attached hydrogens (tertiary/aromatic N) is 2. The molecule has 1 N–H and O–H groups in total. The van der Waals surface area contributed by atoms with Gasteiger partial charge < -0.3 is 9.84 Å². The van der Waals surface area contributed by atoms with E-state index in [0.717, 1.165) is 17.8 Å². The molecule has 0 spiro atoms. The second kappa shape index (κ2) is 4.49. The van der Waals surface area contributed by atoms with E-state index in [0.29, 0.717) is 10.9 Å². The summed E-state index contributed by atoms with van der Waals surface area (Å²) in [5, 5.41) is 9.91. The summed E-state index contributed by atoms with van der Waals surface area (Å²) in [7, 11) is 0. The zero-order valence-electron chi connectivity index (χ0n) is 9.10. The molecule has 16 heavy (non-hydrogen) atoms. The van der Waals surface area contributed by atoms with Gasteiger partial charge in [-0.05, 0) is 24.6 Å². The average molecular weight is 236 g/mol. The van der Waals surface area contributed by atoms with E-state index in [1.807, 2.05) is 19.9 Å². The normalized spacial score (nSPS) is 10.4. The van der Waals surface area contributed by atoms with Gasteiger partial charge in [0.1, 0.15) is 17.3 Å². The van der Waals surface area contributed by atoms with Gasteiger partial charge in [-0.2, -0.15) is 9.36 Å². The van der Waals surface area contributed by atoms with Crippen molar-refractivity contribution in [3.05, 3.63) is 29.6 Å². The molecule has 0 aliphatic rings. The van der Waals surface area contributed by atoms with Crippen molar-refractivity contribution in [3.8, 4) is 16.7 Å². The van der Waals surface area contributed by atoms with Gasteiger partial charge in [-0.3, -0.25) is 0 Å². The smallest absolute Gasteiger partial charge is 0.298 e. The zero-order chi connectivity index (χ0) is 11.5. The van der Waals surface area contributed by atoms with Crippen LogP contribution in [-0.4, -0.2) is 14.5 Å². The third-order valence-electron chi connectivity index (χ3n) is 2.01. The van der Waals surface area contributed by atoms with Crippen molar-refractivity contribution in [2.24, 2.45) is 0 Å². The first-order chi connectivity index (χ1) is 7.67. The number of phenols is 1. The maximum atomic E-state index is 9.41. The Labute approximate surface area is 97.7 Å². The molecular formula is C11H12N2O2S. The van der Waals surface area contributed by atoms with E-state index >= 15 is 0 Å². The summed E-state index contributed by atoms with van der Waals surface area (Å²) in [5.74, 6) is 1.54. The van der Waals surface area contributed by atoms with Gasteiger partial charge in [0.05, 0.1) is 0 Å². The summed E-state index contributed by atoms with van der Waals surface area (Å²) in [6, 6.07) is 5.07. The SMILES string of the molecule is CCc1nsc(Oc2cc(C)cc(O)c2)n1. The Kier molecular flexibility index (Phi) is 3.05. The minimum absolute atomic E-state index is 0.190. The summed E-state index contributed by atoms with van der Waals surface area (Å²) >= 11 is 1.22. The molecule has 0 bridgehead atoms. The first-order valence-corrected chi connectivity index (χ1v) is 5.76. The van der Waals surface area contributed by atoms with Crippen LogP contribution in [0.25, 0.3) is 0 Å². The largest absolute Gasteiger partial charge is 0.508 e. The van der Waals surface area contributed by atoms with E-state index in [-0.39, 0.29) is 5.75 Å². The Hall–Kier alpha value is -1.62. The highest BCUT2D eigenvalue weighted by molar-refractivity contribution is 7.07. The Morgan fingerprint density at radius 3 is 2.81 bits per heavy atom. The van der Waals surface area contributed by atoms with Crippen molar-refractivity contribution < 1.29 is 9.84 Å². The summed E-state index contributed by atoms with van der Waals surface area (Å²) in [6.45, 7) is 3.88. The van der Waals surface area contributed by atoms with Crippen LogP contribution in [0.15, 0.2) is 18.2 Å². The number of hydrogen-bond acceptors (Lipinski definition) is 5. The molecule has 1 aromatic heterocycles. The molecule has 0 aliphatic heterocycles. The lowest BCUT2D eigenvalue weighted by molar-refractivity contribution is 0.452. The van der Waals surface area contributed by atoms with Crippen LogP contribution in [0.4, 0.5) is 0 Å². The van der Waals surface area contributed by atoms with Gasteiger partial charge in [0.15, 0.2) is 0 Å². The molecule has 84 valence electrons. The van der Waals surface area contributed by atoms with Gasteiger partial charge in [0.25, 0.3) is 5.19 Å². The molecule has 4 nitrogen and oxygen atoms in total. The number of hydrogen-bond donors (Lipinski definition) is 1. The Morgan fingerprint density at radius 2 is 2.19 bits per heavy atom. The molecule has 0 unspecified atom stereocenters. The maximum Gasteiger partial charge on any atom is 0.298 e. The topological polar surface area (TPSA) is 55.2 Å². The minimum atomic E-state index is 0.190. The quantitative estimate of drug-likeness (QED) is 0.890. The fourth-order valence-electron chi connectivity index (χ4n) is 1.31. The molecule has 2 aromatic rings. The maximum absolute atomic E-state index is 9.41. The summed E-state index contributed by atoms with van der Waals surface area (Å²) in [6.07, 6.45) is 0.791. The molecule has 5 heteroatoms. The second-order valence-corrected chi connectivity index (χ2v) is 4.15. The van der Waals surface area contributed by atoms with Crippen molar-refractivity contribution in [1.29, 1.82) is 0 Å². The van der Waals surface area contributed by atoms with Crippen LogP contribution in [0.3, 0.4) is 0 Å². The highest BCUT2D eigenvalue weighted by atomic mass is 32.1. The van der Waals surface area contributed by atoms with Crippen LogP contribution >= 0.6 is 11.5 Å². The predicted molar refractivity (Wildman–Crippen MR) is 62.2 cm³/mol. The van der Waals surface area contributed by atoms with E-state index in [2.05, 4.69) is 9.36 Å². The highest BCUT2D eigenvalue weighted by Gasteiger charge is 2.05. The lowest BCUT2D eigenvalue weighted by Crippen LogP contribution is -1.86. The second-order valence-electron chi connectivity index (χ2n) is 3.44. The highest BCUT2D eigenvalue weighted by Crippen LogP contribution is 2.27. The third kappa shape index (κ3) is 2.49. The number of ether oxygens (including phenoxy) is 1. The zero-order valence-corrected chi connectivity index (χ0v) is 9.91. The summed E-state index contributed by atoms with van der Waals surface area (Å²) in [5.41, 5.74) is 0.940. The van der Waals surface area contributed by atoms with Gasteiger partial charge in [-0.25, -0.2) is 0 Å². The minimum Gasteiger partial charge on any atom is -0.508 e. The van der Waals surface area contributed by atoms with E-state index < -0.39 is 0 Å². The van der Waals surface area contributed by atoms with Crippen molar-refractivity contribution in [2.45, 2.75) is 20.3 Å². The van der Waals surface area contributed by atoms with Crippen molar-refractivity contribution in [2.75, 3.05) is 0 Å². The van der Waals surface area contributed by atoms with Crippen LogP contribution in [-0.2, 0) is 6.42 Å². The standard InChI is InChI=1S/C11H12N2O2S/c1-3-10-12-11(16-13-10)15-9-5-7(2)4-8(14)6-9/h4-6,14H,3H2,1-2H3. The van der Waals surface area contributed by atoms with E-state index in [1.165, 1.54) is 11.5 Å². The number of aryl methyl sites for hydroxylation is 2. The Bertz CT molecular complexity index is 476. The molecular weight excluding hydrogens is 224 g/mol. The summed E-state index contributed by atoms with van der Waals surface area (Å²) < 4.78 is 9.63. The monoisotopic (exact) mass is 236 g/mol. The van der Waals surface area contributed by atoms with Crippen LogP contribution in [0.5, 0.6) is 16.7 Å². The van der Waals surface area contributed by atoms with E-state index in [9.17, 15) is 5.11 Å². The van der Waals surface area contributed by atoms with Crippen LogP contribution in [0.2, 0.25) is 0 Å². The van der Waals surface area contributed by atoms with Gasteiger partial charge in [0.2, 0.25) is 0 Å².